The highest BCUT2D eigenvalue weighted by Crippen LogP contribution is 2.25. The number of aliphatic imine (C=N–C) groups is 1. The Labute approximate surface area is 139 Å². The lowest BCUT2D eigenvalue weighted by Crippen LogP contribution is -2.26. The van der Waals surface area contributed by atoms with Crippen LogP contribution in [0.1, 0.15) is 6.42 Å². The fourth-order valence-corrected chi connectivity index (χ4v) is 2.09. The number of rotatable bonds is 6. The number of nitrogens with two attached hydrogens (primary N) is 1. The molecule has 0 unspecified atom stereocenters. The molecule has 0 fully saturated rings. The van der Waals surface area contributed by atoms with Gasteiger partial charge >= 0.3 is 0 Å². The molecule has 2 N–H and O–H groups in total. The zero-order chi connectivity index (χ0) is 16.7. The minimum Gasteiger partial charge on any atom is -0.405 e. The molecule has 2 aromatic rings. The summed E-state index contributed by atoms with van der Waals surface area (Å²) in [5, 5.41) is 4.45. The third kappa shape index (κ3) is 4.40. The molecule has 0 radical (unpaired) electrons. The van der Waals surface area contributed by atoms with E-state index in [9.17, 15) is 4.79 Å². The van der Waals surface area contributed by atoms with Gasteiger partial charge < -0.3 is 10.6 Å². The van der Waals surface area contributed by atoms with Gasteiger partial charge in [0.05, 0.1) is 18.1 Å². The summed E-state index contributed by atoms with van der Waals surface area (Å²) in [5.41, 5.74) is 6.48. The van der Waals surface area contributed by atoms with E-state index in [1.807, 2.05) is 6.07 Å². The number of halogens is 1. The number of carbonyl (C=O) groups excluding carboxylic acids is 1. The average molecular weight is 333 g/mol. The fraction of sp³-hybridized carbons (Fsp3) is 0.200. The van der Waals surface area contributed by atoms with E-state index in [1.54, 1.807) is 48.7 Å². The molecule has 2 aromatic heterocycles. The van der Waals surface area contributed by atoms with Crippen molar-refractivity contribution in [2.45, 2.75) is 6.42 Å². The van der Waals surface area contributed by atoms with Crippen molar-refractivity contribution in [3.05, 3.63) is 48.2 Å². The zero-order valence-electron chi connectivity index (χ0n) is 12.6. The second kappa shape index (κ2) is 8.09. The van der Waals surface area contributed by atoms with Crippen molar-refractivity contribution >= 4 is 29.4 Å². The molecule has 1 amide bonds. The van der Waals surface area contributed by atoms with E-state index in [0.29, 0.717) is 12.2 Å². The van der Waals surface area contributed by atoms with Crippen LogP contribution >= 0.6 is 11.6 Å². The maximum atomic E-state index is 12.2. The summed E-state index contributed by atoms with van der Waals surface area (Å²) in [4.78, 5) is 21.7. The van der Waals surface area contributed by atoms with Crippen LogP contribution in [0.3, 0.4) is 0 Å². The number of hydrogen-bond acceptors (Lipinski definition) is 5. The Hall–Kier alpha value is -2.67. The van der Waals surface area contributed by atoms with Crippen LogP contribution in [0.2, 0.25) is 5.15 Å². The Bertz CT molecular complexity index is 710. The molecular weight excluding hydrogens is 316 g/mol. The number of anilines is 1. The lowest BCUT2D eigenvalue weighted by Gasteiger charge is -2.14. The van der Waals surface area contributed by atoms with Crippen LogP contribution in [-0.2, 0) is 4.79 Å². The van der Waals surface area contributed by atoms with E-state index in [4.69, 9.17) is 17.3 Å². The van der Waals surface area contributed by atoms with E-state index in [0.717, 1.165) is 5.69 Å². The minimum absolute atomic E-state index is 0.105. The number of nitrogens with zero attached hydrogens (tertiary/aromatic N) is 5. The Balaban J connectivity index is 2.06. The van der Waals surface area contributed by atoms with Gasteiger partial charge in [-0.15, -0.1) is 0 Å². The predicted octanol–water partition coefficient (Wildman–Crippen LogP) is 1.82. The molecule has 120 valence electrons. The monoisotopic (exact) mass is 332 g/mol. The van der Waals surface area contributed by atoms with E-state index in [-0.39, 0.29) is 17.5 Å². The summed E-state index contributed by atoms with van der Waals surface area (Å²) in [7, 11) is 1.66. The topological polar surface area (TPSA) is 89.4 Å². The Morgan fingerprint density at radius 3 is 3.09 bits per heavy atom. The second-order valence-corrected chi connectivity index (χ2v) is 4.96. The van der Waals surface area contributed by atoms with Crippen molar-refractivity contribution in [3.8, 4) is 5.69 Å². The van der Waals surface area contributed by atoms with Gasteiger partial charge in [-0.2, -0.15) is 5.10 Å². The van der Waals surface area contributed by atoms with Crippen LogP contribution in [0, 0.1) is 0 Å². The van der Waals surface area contributed by atoms with Gasteiger partial charge in [-0.25, -0.2) is 4.68 Å². The maximum Gasteiger partial charge on any atom is 0.228 e. The summed E-state index contributed by atoms with van der Waals surface area (Å²) >= 11 is 6.14. The van der Waals surface area contributed by atoms with Gasteiger partial charge in [0, 0.05) is 32.4 Å². The molecule has 0 aliphatic carbocycles. The molecule has 0 saturated heterocycles. The highest BCUT2D eigenvalue weighted by atomic mass is 35.5. The molecule has 23 heavy (non-hydrogen) atoms. The van der Waals surface area contributed by atoms with Crippen molar-refractivity contribution in [1.82, 2.24) is 14.8 Å². The molecule has 7 nitrogen and oxygen atoms in total. The third-order valence-corrected chi connectivity index (χ3v) is 3.32. The van der Waals surface area contributed by atoms with Gasteiger partial charge in [-0.3, -0.25) is 14.8 Å². The molecule has 8 heteroatoms. The van der Waals surface area contributed by atoms with E-state index < -0.39 is 0 Å². The highest BCUT2D eigenvalue weighted by Gasteiger charge is 2.17. The Kier molecular flexibility index (Phi) is 5.87. The quantitative estimate of drug-likeness (QED) is 0.817. The molecule has 0 atom stereocenters. The van der Waals surface area contributed by atoms with Crippen LogP contribution in [0.4, 0.5) is 5.69 Å². The summed E-state index contributed by atoms with van der Waals surface area (Å²) in [6, 6.07) is 3.65. The van der Waals surface area contributed by atoms with Crippen LogP contribution in [0.15, 0.2) is 48.0 Å². The summed E-state index contributed by atoms with van der Waals surface area (Å²) in [6.45, 7) is 0.377. The lowest BCUT2D eigenvalue weighted by molar-refractivity contribution is -0.118. The molecular formula is C15H17ClN6O. The van der Waals surface area contributed by atoms with Gasteiger partial charge in [0.1, 0.15) is 5.69 Å². The van der Waals surface area contributed by atoms with E-state index in [1.165, 1.54) is 11.1 Å². The first kappa shape index (κ1) is 16.7. The molecule has 0 saturated carbocycles. The Morgan fingerprint density at radius 1 is 1.57 bits per heavy atom. The largest absolute Gasteiger partial charge is 0.405 e. The van der Waals surface area contributed by atoms with Gasteiger partial charge in [-0.1, -0.05) is 11.6 Å². The number of pyridine rings is 1. The maximum absolute atomic E-state index is 12.2. The molecule has 0 aromatic carbocycles. The first-order valence-corrected chi connectivity index (χ1v) is 7.30. The van der Waals surface area contributed by atoms with E-state index in [2.05, 4.69) is 15.1 Å². The number of carbonyl (C=O) groups is 1. The Morgan fingerprint density at radius 2 is 2.39 bits per heavy atom. The van der Waals surface area contributed by atoms with Crippen LogP contribution in [0.5, 0.6) is 0 Å². The number of hydrogen-bond donors (Lipinski definition) is 1. The summed E-state index contributed by atoms with van der Waals surface area (Å²) in [6.07, 6.45) is 9.82. The van der Waals surface area contributed by atoms with Gasteiger partial charge in [-0.05, 0) is 24.4 Å². The predicted molar refractivity (Wildman–Crippen MR) is 91.1 cm³/mol. The highest BCUT2D eigenvalue weighted by molar-refractivity contribution is 6.32. The second-order valence-electron chi connectivity index (χ2n) is 4.60. The van der Waals surface area contributed by atoms with Crippen molar-refractivity contribution in [2.75, 3.05) is 18.5 Å². The SMILES string of the molecule is CN(C(=O)CCN=CC=CN)c1cn(-c2cccnc2)nc1Cl. The first-order chi connectivity index (χ1) is 11.1. The standard InChI is InChI=1S/C15H17ClN6O/c1-21(14(23)5-9-18-8-3-6-17)13-11-22(20-15(13)16)12-4-2-7-19-10-12/h2-4,6-8,10-11H,5,9,17H2,1H3. The van der Waals surface area contributed by atoms with Gasteiger partial charge in [0.25, 0.3) is 0 Å². The molecule has 2 rings (SSSR count). The first-order valence-electron chi connectivity index (χ1n) is 6.92. The normalized spacial score (nSPS) is 11.4. The lowest BCUT2D eigenvalue weighted by atomic mass is 10.3. The smallest absolute Gasteiger partial charge is 0.228 e. The van der Waals surface area contributed by atoms with Gasteiger partial charge in [0.2, 0.25) is 5.91 Å². The minimum atomic E-state index is -0.105. The van der Waals surface area contributed by atoms with Crippen molar-refractivity contribution in [2.24, 2.45) is 10.7 Å². The number of aromatic nitrogens is 3. The fourth-order valence-electron chi connectivity index (χ4n) is 1.84. The zero-order valence-corrected chi connectivity index (χ0v) is 13.4. The number of allylic oxidation sites excluding steroid dienone is 1. The number of amides is 1. The summed E-state index contributed by atoms with van der Waals surface area (Å²) < 4.78 is 1.58. The third-order valence-electron chi connectivity index (χ3n) is 3.05. The van der Waals surface area contributed by atoms with Crippen LogP contribution in [-0.4, -0.2) is 40.5 Å². The molecule has 0 aliphatic heterocycles. The van der Waals surface area contributed by atoms with Crippen molar-refractivity contribution < 1.29 is 4.79 Å². The molecule has 2 heterocycles. The summed E-state index contributed by atoms with van der Waals surface area (Å²) in [5.74, 6) is -0.105. The average Bonchev–Trinajstić information content (AvgIpc) is 2.96. The van der Waals surface area contributed by atoms with Gasteiger partial charge in [0.15, 0.2) is 5.15 Å². The van der Waals surface area contributed by atoms with Crippen LogP contribution in [0.25, 0.3) is 5.69 Å². The van der Waals surface area contributed by atoms with Crippen molar-refractivity contribution in [1.29, 1.82) is 0 Å². The molecule has 0 spiro atoms. The molecule has 0 bridgehead atoms. The molecule has 0 aliphatic rings. The van der Waals surface area contributed by atoms with E-state index >= 15 is 0 Å². The van der Waals surface area contributed by atoms with Crippen molar-refractivity contribution in [3.63, 3.8) is 0 Å². The van der Waals surface area contributed by atoms with Crippen LogP contribution < -0.4 is 10.6 Å².